The van der Waals surface area contributed by atoms with E-state index >= 15 is 0 Å². The maximum atomic E-state index is 12.2. The smallest absolute Gasteiger partial charge is 0.251 e. The van der Waals surface area contributed by atoms with Crippen LogP contribution in [0.25, 0.3) is 11.0 Å². The Morgan fingerprint density at radius 2 is 1.96 bits per heavy atom. The van der Waals surface area contributed by atoms with Crippen LogP contribution in [0.2, 0.25) is 0 Å². The zero-order valence-corrected chi connectivity index (χ0v) is 16.5. The van der Waals surface area contributed by atoms with Gasteiger partial charge in [0.2, 0.25) is 0 Å². The van der Waals surface area contributed by atoms with E-state index in [1.165, 1.54) is 0 Å². The summed E-state index contributed by atoms with van der Waals surface area (Å²) in [6.45, 7) is 5.30. The molecule has 0 saturated heterocycles. The lowest BCUT2D eigenvalue weighted by Gasteiger charge is -2.08. The summed E-state index contributed by atoms with van der Waals surface area (Å²) in [6, 6.07) is 15.7. The Morgan fingerprint density at radius 1 is 1.19 bits per heavy atom. The summed E-state index contributed by atoms with van der Waals surface area (Å²) < 4.78 is 5.47. The fourth-order valence-corrected chi connectivity index (χ4v) is 3.44. The van der Waals surface area contributed by atoms with E-state index in [0.29, 0.717) is 18.7 Å². The number of aromatic amines is 1. The third-order valence-electron chi connectivity index (χ3n) is 4.02. The minimum absolute atomic E-state index is 0.0453. The summed E-state index contributed by atoms with van der Waals surface area (Å²) in [7, 11) is 0. The average Bonchev–Trinajstić information content (AvgIpc) is 3.09. The number of ether oxygens (including phenoxy) is 1. The Kier molecular flexibility index (Phi) is 6.90. The largest absolute Gasteiger partial charge is 0.379 e. The Labute approximate surface area is 163 Å². The van der Waals surface area contributed by atoms with Crippen molar-refractivity contribution in [1.82, 2.24) is 15.3 Å². The third kappa shape index (κ3) is 5.84. The number of carbonyl (C=O) groups is 1. The van der Waals surface area contributed by atoms with Gasteiger partial charge >= 0.3 is 0 Å². The van der Waals surface area contributed by atoms with Gasteiger partial charge in [-0.25, -0.2) is 4.98 Å². The molecule has 2 N–H and O–H groups in total. The predicted molar refractivity (Wildman–Crippen MR) is 110 cm³/mol. The maximum Gasteiger partial charge on any atom is 0.251 e. The van der Waals surface area contributed by atoms with Crippen molar-refractivity contribution in [2.75, 3.05) is 13.2 Å². The van der Waals surface area contributed by atoms with Crippen molar-refractivity contribution in [3.05, 3.63) is 59.7 Å². The number of nitrogens with zero attached hydrogens (tertiary/aromatic N) is 1. The van der Waals surface area contributed by atoms with Crippen LogP contribution in [0.1, 0.15) is 36.2 Å². The van der Waals surface area contributed by atoms with Crippen LogP contribution in [0.3, 0.4) is 0 Å². The highest BCUT2D eigenvalue weighted by Crippen LogP contribution is 2.23. The molecule has 0 unspecified atom stereocenters. The quantitative estimate of drug-likeness (QED) is 0.424. The molecule has 3 aromatic rings. The van der Waals surface area contributed by atoms with Gasteiger partial charge in [-0.05, 0) is 50.1 Å². The van der Waals surface area contributed by atoms with Crippen molar-refractivity contribution in [2.24, 2.45) is 0 Å². The molecule has 142 valence electrons. The topological polar surface area (TPSA) is 67.0 Å². The van der Waals surface area contributed by atoms with Crippen LogP contribution in [0.5, 0.6) is 0 Å². The van der Waals surface area contributed by atoms with Crippen molar-refractivity contribution < 1.29 is 9.53 Å². The number of aromatic nitrogens is 2. The first kappa shape index (κ1) is 19.5. The molecule has 0 aliphatic carbocycles. The number of hydrogen-bond donors (Lipinski definition) is 2. The molecule has 3 rings (SSSR count). The van der Waals surface area contributed by atoms with Crippen LogP contribution in [0.4, 0.5) is 0 Å². The van der Waals surface area contributed by atoms with Gasteiger partial charge in [-0.2, -0.15) is 0 Å². The third-order valence-corrected chi connectivity index (χ3v) is 4.96. The molecule has 0 fully saturated rings. The first-order valence-electron chi connectivity index (χ1n) is 9.18. The van der Waals surface area contributed by atoms with Crippen molar-refractivity contribution in [3.8, 4) is 0 Å². The van der Waals surface area contributed by atoms with Crippen LogP contribution >= 0.6 is 11.8 Å². The second-order valence-electron chi connectivity index (χ2n) is 6.57. The Hall–Kier alpha value is -2.31. The van der Waals surface area contributed by atoms with E-state index in [1.807, 2.05) is 62.4 Å². The minimum atomic E-state index is -0.0453. The van der Waals surface area contributed by atoms with Gasteiger partial charge in [0.15, 0.2) is 5.16 Å². The molecule has 5 nitrogen and oxygen atoms in total. The van der Waals surface area contributed by atoms with Gasteiger partial charge in [-0.15, -0.1) is 0 Å². The lowest BCUT2D eigenvalue weighted by atomic mass is 10.1. The molecular weight excluding hydrogens is 358 g/mol. The molecule has 27 heavy (non-hydrogen) atoms. The number of H-pyrrole nitrogens is 1. The highest BCUT2D eigenvalue weighted by molar-refractivity contribution is 7.98. The molecule has 0 aliphatic rings. The first-order chi connectivity index (χ1) is 13.1. The molecule has 2 aromatic carbocycles. The monoisotopic (exact) mass is 383 g/mol. The fourth-order valence-electron chi connectivity index (χ4n) is 2.60. The number of amides is 1. The Morgan fingerprint density at radius 3 is 2.70 bits per heavy atom. The van der Waals surface area contributed by atoms with Crippen LogP contribution in [-0.2, 0) is 10.5 Å². The van der Waals surface area contributed by atoms with E-state index in [9.17, 15) is 4.79 Å². The summed E-state index contributed by atoms with van der Waals surface area (Å²) in [5, 5.41) is 3.83. The number of hydrogen-bond acceptors (Lipinski definition) is 4. The SMILES string of the molecule is CC(C)OCCCNC(=O)c1ccc(CSc2nc3ccccc3[nH]2)cc1. The second-order valence-corrected chi connectivity index (χ2v) is 7.54. The molecule has 0 aliphatic heterocycles. The van der Waals surface area contributed by atoms with Gasteiger partial charge in [0.1, 0.15) is 0 Å². The molecular formula is C21H25N3O2S. The number of benzene rings is 2. The maximum absolute atomic E-state index is 12.2. The molecule has 0 bridgehead atoms. The summed E-state index contributed by atoms with van der Waals surface area (Å²) in [5.41, 5.74) is 3.86. The lowest BCUT2D eigenvalue weighted by molar-refractivity contribution is 0.0757. The van der Waals surface area contributed by atoms with E-state index in [1.54, 1.807) is 11.8 Å². The van der Waals surface area contributed by atoms with Crippen molar-refractivity contribution in [2.45, 2.75) is 37.3 Å². The van der Waals surface area contributed by atoms with Gasteiger partial charge in [0, 0.05) is 24.5 Å². The van der Waals surface area contributed by atoms with Gasteiger partial charge in [-0.3, -0.25) is 4.79 Å². The molecule has 6 heteroatoms. The highest BCUT2D eigenvalue weighted by Gasteiger charge is 2.06. The van der Waals surface area contributed by atoms with Crippen LogP contribution in [-0.4, -0.2) is 35.1 Å². The lowest BCUT2D eigenvalue weighted by Crippen LogP contribution is -2.25. The number of nitrogens with one attached hydrogen (secondary N) is 2. The van der Waals surface area contributed by atoms with Gasteiger partial charge < -0.3 is 15.0 Å². The van der Waals surface area contributed by atoms with E-state index in [2.05, 4.69) is 15.3 Å². The fraction of sp³-hybridized carbons (Fsp3) is 0.333. The van der Waals surface area contributed by atoms with Crippen molar-refractivity contribution in [1.29, 1.82) is 0 Å². The molecule has 1 aromatic heterocycles. The zero-order valence-electron chi connectivity index (χ0n) is 15.7. The van der Waals surface area contributed by atoms with Crippen LogP contribution < -0.4 is 5.32 Å². The summed E-state index contributed by atoms with van der Waals surface area (Å²) in [6.07, 6.45) is 1.04. The number of imidazole rings is 1. The molecule has 0 saturated carbocycles. The normalized spacial score (nSPS) is 11.2. The Bertz CT molecular complexity index is 842. The molecule has 0 atom stereocenters. The van der Waals surface area contributed by atoms with E-state index in [4.69, 9.17) is 4.74 Å². The average molecular weight is 384 g/mol. The summed E-state index contributed by atoms with van der Waals surface area (Å²) in [5.74, 6) is 0.755. The van der Waals surface area contributed by atoms with Crippen molar-refractivity contribution >= 4 is 28.7 Å². The number of rotatable bonds is 9. The summed E-state index contributed by atoms with van der Waals surface area (Å²) >= 11 is 1.65. The first-order valence-corrected chi connectivity index (χ1v) is 10.2. The molecule has 0 radical (unpaired) electrons. The Balaban J connectivity index is 1.46. The highest BCUT2D eigenvalue weighted by atomic mass is 32.2. The molecule has 1 amide bonds. The van der Waals surface area contributed by atoms with E-state index in [-0.39, 0.29) is 12.0 Å². The standard InChI is InChI=1S/C21H25N3O2S/c1-15(2)26-13-5-12-22-20(25)17-10-8-16(9-11-17)14-27-21-23-18-6-3-4-7-19(18)24-21/h3-4,6-11,15H,5,12-14H2,1-2H3,(H,22,25)(H,23,24). The zero-order chi connectivity index (χ0) is 19.1. The van der Waals surface area contributed by atoms with Crippen LogP contribution in [0, 0.1) is 0 Å². The van der Waals surface area contributed by atoms with Crippen molar-refractivity contribution in [3.63, 3.8) is 0 Å². The van der Waals surface area contributed by atoms with E-state index in [0.717, 1.165) is 33.9 Å². The number of carbonyl (C=O) groups excluding carboxylic acids is 1. The second kappa shape index (κ2) is 9.58. The van der Waals surface area contributed by atoms with Gasteiger partial charge in [0.25, 0.3) is 5.91 Å². The molecule has 0 spiro atoms. The number of fused-ring (bicyclic) bond motifs is 1. The van der Waals surface area contributed by atoms with Crippen LogP contribution in [0.15, 0.2) is 53.7 Å². The predicted octanol–water partition coefficient (Wildman–Crippen LogP) is 4.40. The van der Waals surface area contributed by atoms with Gasteiger partial charge in [-0.1, -0.05) is 36.0 Å². The van der Waals surface area contributed by atoms with Gasteiger partial charge in [0.05, 0.1) is 17.1 Å². The minimum Gasteiger partial charge on any atom is -0.379 e. The van der Waals surface area contributed by atoms with E-state index < -0.39 is 0 Å². The number of para-hydroxylation sites is 2. The molecule has 1 heterocycles. The summed E-state index contributed by atoms with van der Waals surface area (Å²) in [4.78, 5) is 20.0. The number of thioether (sulfide) groups is 1.